The Bertz CT molecular complexity index is 5940. The molecule has 10 aromatic rings. The molecule has 0 spiro atoms. The number of aliphatic carboxylic acids is 1. The van der Waals surface area contributed by atoms with Crippen LogP contribution in [0.4, 0.5) is 19.6 Å². The first-order chi connectivity index (χ1) is 68.0. The van der Waals surface area contributed by atoms with E-state index < -0.39 is 70.3 Å². The molecule has 0 unspecified atom stereocenters. The number of nitrogens with two attached hydrogens (primary N) is 1. The van der Waals surface area contributed by atoms with E-state index in [1.165, 1.54) is 32.5 Å². The molecule has 4 aliphatic rings. The second kappa shape index (κ2) is 51.4. The zero-order valence-electron chi connectivity index (χ0n) is 83.6. The highest BCUT2D eigenvalue weighted by Crippen LogP contribution is 2.48. The largest absolute Gasteiger partial charge is 0.481 e. The van der Waals surface area contributed by atoms with Crippen LogP contribution in [0.15, 0.2) is 108 Å². The average Bonchev–Trinajstić information content (AvgIpc) is 1.63. The number of amides is 9. The van der Waals surface area contributed by atoms with Gasteiger partial charge in [0.1, 0.15) is 49.3 Å². The molecule has 4 aromatic carbocycles. The highest BCUT2D eigenvalue weighted by atomic mass is 32.1. The van der Waals surface area contributed by atoms with Crippen molar-refractivity contribution in [3.05, 3.63) is 151 Å². The third-order valence-corrected chi connectivity index (χ3v) is 30.1. The molecule has 143 heavy (non-hydrogen) atoms. The summed E-state index contributed by atoms with van der Waals surface area (Å²) in [5.74, 6) is -2.89. The fourth-order valence-electron chi connectivity index (χ4n) is 16.2. The number of benzene rings is 4. The van der Waals surface area contributed by atoms with Gasteiger partial charge in [0.05, 0.1) is 143 Å². The fourth-order valence-corrected chi connectivity index (χ4v) is 22.6. The Balaban J connectivity index is 0.000000213. The Kier molecular flexibility index (Phi) is 39.9. The number of likely N-dealkylation sites (tertiary alicyclic amines) is 2. The number of anilines is 2. The molecule has 0 radical (unpaired) electrons. The molecule has 6 atom stereocenters. The molecule has 6 aromatic heterocycles. The molecular formula is C102H134N16O19S6. The van der Waals surface area contributed by atoms with Gasteiger partial charge in [-0.05, 0) is 137 Å². The Morgan fingerprint density at radius 1 is 0.483 bits per heavy atom. The summed E-state index contributed by atoms with van der Waals surface area (Å²) >= 11 is 9.33. The van der Waals surface area contributed by atoms with Gasteiger partial charge in [-0.2, -0.15) is 0 Å². The molecule has 2 fully saturated rings. The van der Waals surface area contributed by atoms with E-state index in [0.29, 0.717) is 105 Å². The third kappa shape index (κ3) is 32.1. The van der Waals surface area contributed by atoms with Gasteiger partial charge >= 0.3 is 18.2 Å². The van der Waals surface area contributed by atoms with Crippen LogP contribution in [0, 0.1) is 24.7 Å². The predicted molar refractivity (Wildman–Crippen MR) is 558 cm³/mol. The minimum atomic E-state index is -0.943. The smallest absolute Gasteiger partial charge is 0.410 e. The number of nitrogens with zero attached hydrogens (tertiary/aromatic N) is 8. The van der Waals surface area contributed by atoms with E-state index in [2.05, 4.69) is 47.2 Å². The zero-order valence-corrected chi connectivity index (χ0v) is 88.5. The summed E-state index contributed by atoms with van der Waals surface area (Å²) in [5.41, 5.74) is 19.3. The maximum absolute atomic E-state index is 14.0. The van der Waals surface area contributed by atoms with Crippen molar-refractivity contribution in [1.29, 1.82) is 0 Å². The number of carboxylic acid groups (broad SMARTS) is 1. The number of aliphatic hydroxyl groups excluding tert-OH is 2. The molecule has 9 amide bonds. The number of carbonyl (C=O) groups excluding carboxylic acids is 9. The van der Waals surface area contributed by atoms with Crippen LogP contribution in [-0.4, -0.2) is 267 Å². The van der Waals surface area contributed by atoms with Crippen LogP contribution in [0.5, 0.6) is 0 Å². The van der Waals surface area contributed by atoms with E-state index in [9.17, 15) is 58.2 Å². The number of nitrogens with one attached hydrogen (secondary N) is 7. The van der Waals surface area contributed by atoms with Gasteiger partial charge in [-0.1, -0.05) is 114 Å². The van der Waals surface area contributed by atoms with Crippen LogP contribution >= 0.6 is 68.0 Å². The van der Waals surface area contributed by atoms with Crippen molar-refractivity contribution in [1.82, 2.24) is 66.1 Å². The van der Waals surface area contributed by atoms with Gasteiger partial charge in [0.15, 0.2) is 0 Å². The summed E-state index contributed by atoms with van der Waals surface area (Å²) in [6.45, 7) is 33.2. The van der Waals surface area contributed by atoms with Crippen molar-refractivity contribution < 1.29 is 91.7 Å². The second-order valence-electron chi connectivity index (χ2n) is 39.5. The van der Waals surface area contributed by atoms with E-state index in [1.807, 2.05) is 205 Å². The number of para-hydroxylation sites is 2. The number of rotatable bonds is 39. The van der Waals surface area contributed by atoms with Gasteiger partial charge in [0.25, 0.3) is 0 Å². The molecule has 35 nitrogen and oxygen atoms in total. The van der Waals surface area contributed by atoms with Gasteiger partial charge < -0.3 is 106 Å². The van der Waals surface area contributed by atoms with Crippen LogP contribution < -0.4 is 43.0 Å². The van der Waals surface area contributed by atoms with Crippen molar-refractivity contribution >= 4 is 158 Å². The van der Waals surface area contributed by atoms with Gasteiger partial charge in [0.2, 0.25) is 41.4 Å². The SMILES string of the molecule is CC(C)(C)OC(=O)N1CCc2c(sc(NC(=O)CCNCCOCCOCCC(=O)O)c2-c2nc3ccccc3s2)C1.Cc1ncsc1-c1ccc(CNC(=O)[C@@H]2C[C@@H](O)CN2C(=O)[C@@H](N)C(C)(C)C)cc1.Cc1ncsc1-c1ccc(CNC(=O)[C@@H]2C[C@@H](O)CN2C(=O)[C@@H](NC(=O)CCOCCOCCNCCC(=O)Nc2sc3c(c2-c2nc4ccccc4s2)CCN(C(=O)OC(C)(C)C)C3)C(C)(C)C)cc1. The number of hydrogen-bond donors (Lipinski definition) is 11. The Labute approximate surface area is 857 Å². The number of thiophene rings is 2. The first-order valence-electron chi connectivity index (χ1n) is 48.1. The number of aromatic nitrogens is 4. The fraction of sp³-hybridized carbons (Fsp3) is 0.510. The highest BCUT2D eigenvalue weighted by Gasteiger charge is 2.46. The highest BCUT2D eigenvalue weighted by molar-refractivity contribution is 7.23. The van der Waals surface area contributed by atoms with Crippen molar-refractivity contribution in [3.63, 3.8) is 0 Å². The predicted octanol–water partition coefficient (Wildman–Crippen LogP) is 13.7. The quantitative estimate of drug-likeness (QED) is 0.0159. The molecule has 12 N–H and O–H groups in total. The van der Waals surface area contributed by atoms with Gasteiger partial charge in [-0.15, -0.1) is 68.0 Å². The lowest BCUT2D eigenvalue weighted by atomic mass is 9.85. The summed E-state index contributed by atoms with van der Waals surface area (Å²) < 4.78 is 35.4. The van der Waals surface area contributed by atoms with Crippen molar-refractivity contribution in [3.8, 4) is 42.0 Å². The molecule has 10 heterocycles. The number of β-amino-alcohol motifs (C(OH)–C–C–N with tert-alkyl or cyclic N) is 2. The topological polar surface area (TPSA) is 462 Å². The van der Waals surface area contributed by atoms with E-state index in [1.54, 1.807) is 55.1 Å². The minimum absolute atomic E-state index is 0.0120. The van der Waals surface area contributed by atoms with Crippen molar-refractivity contribution in [2.24, 2.45) is 16.6 Å². The Morgan fingerprint density at radius 3 is 1.27 bits per heavy atom. The van der Waals surface area contributed by atoms with Crippen LogP contribution in [0.2, 0.25) is 0 Å². The van der Waals surface area contributed by atoms with Crippen LogP contribution in [0.3, 0.4) is 0 Å². The molecule has 772 valence electrons. The number of hydrogen-bond acceptors (Lipinski definition) is 31. The second-order valence-corrected chi connectivity index (χ2v) is 45.5. The third-order valence-electron chi connectivity index (χ3n) is 23.7. The molecule has 41 heteroatoms. The number of ether oxygens (including phenoxy) is 6. The number of aryl methyl sites for hydroxylation is 2. The van der Waals surface area contributed by atoms with Crippen molar-refractivity contribution in [2.45, 2.75) is 222 Å². The lowest BCUT2D eigenvalue weighted by molar-refractivity contribution is -0.144. The van der Waals surface area contributed by atoms with Crippen molar-refractivity contribution in [2.75, 3.05) is 116 Å². The lowest BCUT2D eigenvalue weighted by Crippen LogP contribution is -2.57. The van der Waals surface area contributed by atoms with E-state index in [0.717, 1.165) is 116 Å². The molecule has 4 aliphatic heterocycles. The van der Waals surface area contributed by atoms with Gasteiger partial charge in [-0.3, -0.25) is 38.4 Å². The summed E-state index contributed by atoms with van der Waals surface area (Å²) in [6.07, 6.45) is -0.192. The summed E-state index contributed by atoms with van der Waals surface area (Å²) in [5, 5.41) is 53.8. The average molecular weight is 2080 g/mol. The summed E-state index contributed by atoms with van der Waals surface area (Å²) in [6, 6.07) is 28.5. The zero-order chi connectivity index (χ0) is 103. The minimum Gasteiger partial charge on any atom is -0.481 e. The normalized spacial score (nSPS) is 16.3. The number of thiazole rings is 4. The molecule has 0 saturated carbocycles. The number of carboxylic acids is 1. The first kappa shape index (κ1) is 111. The lowest BCUT2D eigenvalue weighted by Gasteiger charge is -2.35. The standard InChI is InChI=1S/C51H66N8O9S3.C29H38N4O7S2.C22H30N4O3S/c1-31-43(69-30-54-31)33-14-12-32(13-15-33)27-53-45(63)37-26-34(60)28-59(37)48(64)44(50(2,3)4)56-41(62)18-22-66-24-25-67-23-20-52-19-16-40(61)57-47-42(46-55-36-10-8-9-11-38(36)70-46)35-17-21-58(29-39(35)71-47)49(65)68-51(5,6)7;1-29(2,3)40-28(37)33-13-9-19-22(18-33)42-27(25(19)26-31-20-6-4-5-7-21(20)41-26)32-23(34)8-11-30-12-15-39-17-16-38-14-10-24(35)36;1-13-18(30-12-25-13)15-7-5-14(6-8-15)10-24-20(28)17-9-16(27)11-26(17)21(29)19(23)22(2,3)4/h8-15,30,34,37,44,52,60H,16-29H2,1-7H3,(H,53,63)(H,56,62)(H,57,61);4-7,30H,8-18H2,1-3H3,(H,32,34)(H,35,36);5-8,12,16-17,19,27H,9-11,23H2,1-4H3,(H,24,28)/t34-,37+,44-;;16-,17+,19-/m1.1/s1. The Morgan fingerprint density at radius 2 is 0.888 bits per heavy atom. The Hall–Kier alpha value is -10.7. The number of carbonyl (C=O) groups is 10. The summed E-state index contributed by atoms with van der Waals surface area (Å²) in [4.78, 5) is 157. The van der Waals surface area contributed by atoms with E-state index in [4.69, 9.17) is 49.2 Å². The molecule has 2 saturated heterocycles. The maximum atomic E-state index is 14.0. The molecule has 0 bridgehead atoms. The van der Waals surface area contributed by atoms with E-state index >= 15 is 0 Å². The first-order valence-corrected chi connectivity index (χ1v) is 53.1. The monoisotopic (exact) mass is 2080 g/mol. The van der Waals surface area contributed by atoms with Gasteiger partial charge in [-0.25, -0.2) is 29.5 Å². The number of fused-ring (bicyclic) bond motifs is 4. The molecular weight excluding hydrogens is 1950 g/mol. The number of aliphatic hydroxyl groups is 2. The molecule has 14 rings (SSSR count). The summed E-state index contributed by atoms with van der Waals surface area (Å²) in [7, 11) is 0. The van der Waals surface area contributed by atoms with Crippen LogP contribution in [-0.2, 0) is 106 Å². The van der Waals surface area contributed by atoms with Gasteiger partial charge in [0, 0.05) is 118 Å². The molecule has 0 aliphatic carbocycles. The van der Waals surface area contributed by atoms with E-state index in [-0.39, 0.29) is 126 Å². The van der Waals surface area contributed by atoms with Crippen LogP contribution in [0.1, 0.15) is 165 Å². The van der Waals surface area contributed by atoms with Crippen LogP contribution in [0.25, 0.3) is 62.5 Å². The maximum Gasteiger partial charge on any atom is 0.410 e.